The van der Waals surface area contributed by atoms with E-state index >= 15 is 0 Å². The maximum absolute atomic E-state index is 13.6. The van der Waals surface area contributed by atoms with Gasteiger partial charge in [0.05, 0.1) is 19.1 Å². The second kappa shape index (κ2) is 5.86. The first kappa shape index (κ1) is 14.9. The first-order valence-electron chi connectivity index (χ1n) is 5.99. The summed E-state index contributed by atoms with van der Waals surface area (Å²) in [6.07, 6.45) is -1.01. The van der Waals surface area contributed by atoms with Crippen molar-refractivity contribution in [3.63, 3.8) is 0 Å². The lowest BCUT2D eigenvalue weighted by Crippen LogP contribution is -2.46. The first-order chi connectivity index (χ1) is 9.41. The summed E-state index contributed by atoms with van der Waals surface area (Å²) >= 11 is 0. The van der Waals surface area contributed by atoms with Crippen LogP contribution in [0.25, 0.3) is 0 Å². The zero-order chi connectivity index (χ0) is 14.8. The van der Waals surface area contributed by atoms with E-state index in [2.05, 4.69) is 0 Å². The van der Waals surface area contributed by atoms with Crippen molar-refractivity contribution in [1.29, 1.82) is 0 Å². The first-order valence-corrected chi connectivity index (χ1v) is 7.43. The average molecular weight is 303 g/mol. The number of hydrogen-bond acceptors (Lipinski definition) is 4. The molecule has 1 saturated heterocycles. The van der Waals surface area contributed by atoms with Crippen LogP contribution in [-0.2, 0) is 19.6 Å². The van der Waals surface area contributed by atoms with E-state index in [1.54, 1.807) is 0 Å². The van der Waals surface area contributed by atoms with Crippen molar-refractivity contribution in [2.45, 2.75) is 17.4 Å². The summed E-state index contributed by atoms with van der Waals surface area (Å²) in [5, 5.41) is 8.71. The van der Waals surface area contributed by atoms with Gasteiger partial charge in [-0.05, 0) is 12.1 Å². The Labute approximate surface area is 115 Å². The largest absolute Gasteiger partial charge is 0.481 e. The molecule has 0 amide bonds. The molecule has 0 aromatic heterocycles. The molecule has 2 rings (SSSR count). The van der Waals surface area contributed by atoms with E-state index in [1.807, 2.05) is 0 Å². The van der Waals surface area contributed by atoms with Crippen LogP contribution in [0.1, 0.15) is 6.42 Å². The smallest absolute Gasteiger partial charge is 0.306 e. The van der Waals surface area contributed by atoms with Gasteiger partial charge in [0.15, 0.2) is 0 Å². The van der Waals surface area contributed by atoms with E-state index in [1.165, 1.54) is 18.2 Å². The summed E-state index contributed by atoms with van der Waals surface area (Å²) in [5.41, 5.74) is 0. The molecular formula is C12H14FNO5S. The molecule has 0 bridgehead atoms. The van der Waals surface area contributed by atoms with Crippen molar-refractivity contribution < 1.29 is 27.4 Å². The number of rotatable bonds is 4. The van der Waals surface area contributed by atoms with Crippen molar-refractivity contribution in [1.82, 2.24) is 4.31 Å². The molecule has 1 N–H and O–H groups in total. The van der Waals surface area contributed by atoms with Crippen LogP contribution in [-0.4, -0.2) is 49.6 Å². The predicted molar refractivity (Wildman–Crippen MR) is 67.2 cm³/mol. The third-order valence-electron chi connectivity index (χ3n) is 2.96. The molecular weight excluding hydrogens is 289 g/mol. The fourth-order valence-electron chi connectivity index (χ4n) is 2.02. The molecule has 0 radical (unpaired) electrons. The zero-order valence-electron chi connectivity index (χ0n) is 10.5. The number of halogens is 1. The van der Waals surface area contributed by atoms with Crippen LogP contribution in [0.3, 0.4) is 0 Å². The highest BCUT2D eigenvalue weighted by Gasteiger charge is 2.33. The van der Waals surface area contributed by atoms with E-state index in [-0.39, 0.29) is 26.1 Å². The molecule has 1 fully saturated rings. The molecule has 20 heavy (non-hydrogen) atoms. The lowest BCUT2D eigenvalue weighted by atomic mass is 10.2. The van der Waals surface area contributed by atoms with Crippen LogP contribution in [0.4, 0.5) is 4.39 Å². The van der Waals surface area contributed by atoms with E-state index in [0.717, 1.165) is 10.4 Å². The van der Waals surface area contributed by atoms with Crippen LogP contribution < -0.4 is 0 Å². The standard InChI is InChI=1S/C12H14FNO5S/c13-10-3-1-2-4-11(10)20(17,18)14-5-6-19-9(8-14)7-12(15)16/h1-4,9H,5-8H2,(H,15,16). The SMILES string of the molecule is O=C(O)CC1CN(S(=O)(=O)c2ccccc2F)CCO1. The molecule has 6 nitrogen and oxygen atoms in total. The van der Waals surface area contributed by atoms with Gasteiger partial charge >= 0.3 is 5.97 Å². The van der Waals surface area contributed by atoms with Gasteiger partial charge in [-0.15, -0.1) is 0 Å². The minimum atomic E-state index is -3.98. The van der Waals surface area contributed by atoms with E-state index in [4.69, 9.17) is 9.84 Å². The number of morpholine rings is 1. The summed E-state index contributed by atoms with van der Waals surface area (Å²) < 4.78 is 44.5. The lowest BCUT2D eigenvalue weighted by Gasteiger charge is -2.31. The summed E-state index contributed by atoms with van der Waals surface area (Å²) in [4.78, 5) is 10.2. The number of carboxylic acid groups (broad SMARTS) is 1. The molecule has 0 spiro atoms. The topological polar surface area (TPSA) is 83.9 Å². The Balaban J connectivity index is 2.22. The fourth-order valence-corrected chi connectivity index (χ4v) is 3.54. The highest BCUT2D eigenvalue weighted by Crippen LogP contribution is 2.21. The quantitative estimate of drug-likeness (QED) is 0.884. The van der Waals surface area contributed by atoms with Gasteiger partial charge < -0.3 is 9.84 Å². The van der Waals surface area contributed by atoms with E-state index in [0.29, 0.717) is 0 Å². The molecule has 1 atom stereocenters. The number of benzene rings is 1. The Bertz CT molecular complexity index is 604. The number of ether oxygens (including phenoxy) is 1. The second-order valence-corrected chi connectivity index (χ2v) is 6.29. The summed E-state index contributed by atoms with van der Waals surface area (Å²) in [6.45, 7) is 0.0708. The number of carboxylic acids is 1. The van der Waals surface area contributed by atoms with E-state index in [9.17, 15) is 17.6 Å². The number of aliphatic carboxylic acids is 1. The molecule has 1 aliphatic heterocycles. The van der Waals surface area contributed by atoms with Gasteiger partial charge in [0, 0.05) is 13.1 Å². The van der Waals surface area contributed by atoms with Gasteiger partial charge in [-0.3, -0.25) is 4.79 Å². The summed E-state index contributed by atoms with van der Waals surface area (Å²) in [5.74, 6) is -1.89. The molecule has 0 aliphatic carbocycles. The van der Waals surface area contributed by atoms with Crippen molar-refractivity contribution in [2.24, 2.45) is 0 Å². The van der Waals surface area contributed by atoms with Crippen molar-refractivity contribution in [2.75, 3.05) is 19.7 Å². The average Bonchev–Trinajstić information content (AvgIpc) is 2.38. The Hall–Kier alpha value is -1.51. The minimum absolute atomic E-state index is 0.0762. The van der Waals surface area contributed by atoms with Crippen LogP contribution in [0.5, 0.6) is 0 Å². The summed E-state index contributed by atoms with van der Waals surface area (Å²) in [6, 6.07) is 5.10. The highest BCUT2D eigenvalue weighted by molar-refractivity contribution is 7.89. The van der Waals surface area contributed by atoms with Gasteiger partial charge in [0.1, 0.15) is 10.7 Å². The zero-order valence-corrected chi connectivity index (χ0v) is 11.3. The Morgan fingerprint density at radius 3 is 2.80 bits per heavy atom. The molecule has 1 aromatic rings. The minimum Gasteiger partial charge on any atom is -0.481 e. The maximum Gasteiger partial charge on any atom is 0.306 e. The second-order valence-electron chi connectivity index (χ2n) is 4.38. The number of sulfonamides is 1. The normalized spacial score (nSPS) is 20.8. The van der Waals surface area contributed by atoms with Gasteiger partial charge in [-0.25, -0.2) is 12.8 Å². The Kier molecular flexibility index (Phi) is 4.36. The molecule has 1 unspecified atom stereocenters. The molecule has 1 aromatic carbocycles. The van der Waals surface area contributed by atoms with Gasteiger partial charge in [0.25, 0.3) is 0 Å². The van der Waals surface area contributed by atoms with Crippen LogP contribution in [0.2, 0.25) is 0 Å². The van der Waals surface area contributed by atoms with E-state index < -0.39 is 32.8 Å². The lowest BCUT2D eigenvalue weighted by molar-refractivity contribution is -0.141. The van der Waals surface area contributed by atoms with Gasteiger partial charge in [0.2, 0.25) is 10.0 Å². The highest BCUT2D eigenvalue weighted by atomic mass is 32.2. The molecule has 8 heteroatoms. The van der Waals surface area contributed by atoms with Crippen LogP contribution >= 0.6 is 0 Å². The van der Waals surface area contributed by atoms with Crippen LogP contribution in [0.15, 0.2) is 29.2 Å². The molecule has 1 heterocycles. The molecule has 0 saturated carbocycles. The predicted octanol–water partition coefficient (Wildman–Crippen LogP) is 0.690. The van der Waals surface area contributed by atoms with Crippen molar-refractivity contribution >= 4 is 16.0 Å². The van der Waals surface area contributed by atoms with Crippen LogP contribution in [0, 0.1) is 5.82 Å². The number of nitrogens with zero attached hydrogens (tertiary/aromatic N) is 1. The number of carbonyl (C=O) groups is 1. The Morgan fingerprint density at radius 1 is 1.45 bits per heavy atom. The molecule has 1 aliphatic rings. The number of hydrogen-bond donors (Lipinski definition) is 1. The van der Waals surface area contributed by atoms with Crippen molar-refractivity contribution in [3.8, 4) is 0 Å². The monoisotopic (exact) mass is 303 g/mol. The fraction of sp³-hybridized carbons (Fsp3) is 0.417. The van der Waals surface area contributed by atoms with Crippen molar-refractivity contribution in [3.05, 3.63) is 30.1 Å². The third kappa shape index (κ3) is 3.14. The maximum atomic E-state index is 13.6. The third-order valence-corrected chi connectivity index (χ3v) is 4.86. The molecule has 110 valence electrons. The van der Waals surface area contributed by atoms with Gasteiger partial charge in [-0.2, -0.15) is 4.31 Å². The van der Waals surface area contributed by atoms with Gasteiger partial charge in [-0.1, -0.05) is 12.1 Å². The summed E-state index contributed by atoms with van der Waals surface area (Å²) in [7, 11) is -3.98. The Morgan fingerprint density at radius 2 is 2.15 bits per heavy atom.